The van der Waals surface area contributed by atoms with Gasteiger partial charge >= 0.3 is 5.97 Å². The maximum absolute atomic E-state index is 12.5. The third-order valence-electron chi connectivity index (χ3n) is 4.72. The maximum Gasteiger partial charge on any atom is 0.316 e. The van der Waals surface area contributed by atoms with E-state index in [1.807, 2.05) is 18.2 Å². The zero-order chi connectivity index (χ0) is 20.5. The van der Waals surface area contributed by atoms with Crippen molar-refractivity contribution in [3.8, 4) is 0 Å². The molecule has 0 unspecified atom stereocenters. The Balaban J connectivity index is 0.00000320. The molecule has 4 nitrogen and oxygen atoms in total. The van der Waals surface area contributed by atoms with Crippen LogP contribution in [-0.4, -0.2) is 25.1 Å². The van der Waals surface area contributed by atoms with Gasteiger partial charge in [0.1, 0.15) is 30.3 Å². The molecule has 0 aliphatic heterocycles. The van der Waals surface area contributed by atoms with Gasteiger partial charge in [-0.05, 0) is 36.4 Å². The van der Waals surface area contributed by atoms with Crippen molar-refractivity contribution in [3.05, 3.63) is 91.0 Å². The Bertz CT molecular complexity index is 853. The third kappa shape index (κ3) is 5.56. The van der Waals surface area contributed by atoms with Gasteiger partial charge in [-0.15, -0.1) is 0 Å². The van der Waals surface area contributed by atoms with Crippen LogP contribution in [0.3, 0.4) is 0 Å². The summed E-state index contributed by atoms with van der Waals surface area (Å²) < 4.78 is 5.30. The highest BCUT2D eigenvalue weighted by atomic mass is 79.9. The molecule has 3 aromatic rings. The lowest BCUT2D eigenvalue weighted by Crippen LogP contribution is -3.00. The minimum atomic E-state index is -2.04. The van der Waals surface area contributed by atoms with Gasteiger partial charge in [0.15, 0.2) is 0 Å². The van der Waals surface area contributed by atoms with E-state index in [4.69, 9.17) is 4.74 Å². The Kier molecular flexibility index (Phi) is 9.22. The Morgan fingerprint density at radius 3 is 1.57 bits per heavy atom. The van der Waals surface area contributed by atoms with Crippen LogP contribution in [0.4, 0.5) is 0 Å². The first-order valence-corrected chi connectivity index (χ1v) is 11.5. The molecule has 6 heteroatoms. The summed E-state index contributed by atoms with van der Waals surface area (Å²) in [6.07, 6.45) is 0.952. The molecular formula is C24H25BrNO3P. The van der Waals surface area contributed by atoms with Gasteiger partial charge in [0, 0.05) is 6.92 Å². The van der Waals surface area contributed by atoms with Crippen molar-refractivity contribution in [1.29, 1.82) is 0 Å². The van der Waals surface area contributed by atoms with Crippen molar-refractivity contribution < 1.29 is 31.4 Å². The molecule has 3 rings (SSSR count). The molecular weight excluding hydrogens is 461 g/mol. The number of hydrogen-bond donors (Lipinski definition) is 0. The van der Waals surface area contributed by atoms with Gasteiger partial charge in [0.25, 0.3) is 0 Å². The van der Waals surface area contributed by atoms with E-state index in [1.165, 1.54) is 23.0 Å². The van der Waals surface area contributed by atoms with Crippen LogP contribution in [0.1, 0.15) is 13.3 Å². The van der Waals surface area contributed by atoms with E-state index in [9.17, 15) is 4.79 Å². The number of nitrogens with zero attached hydrogens (tertiary/aromatic N) is 1. The first-order valence-electron chi connectivity index (χ1n) is 9.50. The molecule has 30 heavy (non-hydrogen) atoms. The molecule has 0 fully saturated rings. The van der Waals surface area contributed by atoms with Crippen LogP contribution in [0, 0.1) is 0 Å². The lowest BCUT2D eigenvalue weighted by atomic mass is 10.3. The zero-order valence-corrected chi connectivity index (χ0v) is 19.6. The van der Waals surface area contributed by atoms with E-state index < -0.39 is 7.26 Å². The van der Waals surface area contributed by atoms with Gasteiger partial charge in [-0.25, -0.2) is 0 Å². The molecule has 0 saturated carbocycles. The molecule has 156 valence electrons. The molecule has 0 spiro atoms. The summed E-state index contributed by atoms with van der Waals surface area (Å²) in [5, 5.41) is 7.40. The van der Waals surface area contributed by atoms with Crippen molar-refractivity contribution in [3.63, 3.8) is 0 Å². The number of carbonyl (C=O) groups is 1. The number of ether oxygens (including phenoxy) is 1. The molecule has 3 aromatic carbocycles. The van der Waals surface area contributed by atoms with Crippen molar-refractivity contribution in [2.75, 3.05) is 13.3 Å². The van der Waals surface area contributed by atoms with Crippen LogP contribution < -0.4 is 32.9 Å². The molecule has 0 radical (unpaired) electrons. The van der Waals surface area contributed by atoms with Crippen LogP contribution in [-0.2, 0) is 14.4 Å². The second kappa shape index (κ2) is 11.6. The summed E-state index contributed by atoms with van der Waals surface area (Å²) in [5.41, 5.74) is 0. The van der Waals surface area contributed by atoms with Crippen LogP contribution in [0.15, 0.2) is 96.2 Å². The molecule has 0 aromatic heterocycles. The highest BCUT2D eigenvalue weighted by Crippen LogP contribution is 2.55. The van der Waals surface area contributed by atoms with E-state index >= 15 is 0 Å². The largest absolute Gasteiger partial charge is 1.00 e. The van der Waals surface area contributed by atoms with Crippen molar-refractivity contribution >= 4 is 35.0 Å². The minimum absolute atomic E-state index is 0. The van der Waals surface area contributed by atoms with Gasteiger partial charge in [-0.3, -0.25) is 4.79 Å². The third-order valence-corrected chi connectivity index (χ3v) is 9.16. The summed E-state index contributed by atoms with van der Waals surface area (Å²) in [7, 11) is -0.613. The number of halogens is 1. The fraction of sp³-hybridized carbons (Fsp3) is 0.167. The summed E-state index contributed by atoms with van der Waals surface area (Å²) in [4.78, 5) is 17.2. The van der Waals surface area contributed by atoms with Crippen molar-refractivity contribution in [2.45, 2.75) is 13.3 Å². The van der Waals surface area contributed by atoms with Gasteiger partial charge in [-0.1, -0.05) is 59.8 Å². The van der Waals surface area contributed by atoms with Crippen LogP contribution in [0.5, 0.6) is 0 Å². The minimum Gasteiger partial charge on any atom is -1.00 e. The number of esters is 1. The Hall–Kier alpha value is -2.49. The lowest BCUT2D eigenvalue weighted by molar-refractivity contribution is -0.135. The fourth-order valence-corrected chi connectivity index (χ4v) is 7.73. The van der Waals surface area contributed by atoms with Crippen molar-refractivity contribution in [2.24, 2.45) is 5.16 Å². The number of benzene rings is 3. The van der Waals surface area contributed by atoms with E-state index in [2.05, 4.69) is 82.8 Å². The fourth-order valence-electron chi connectivity index (χ4n) is 3.50. The number of hydrogen-bond acceptors (Lipinski definition) is 4. The zero-order valence-electron chi connectivity index (χ0n) is 17.1. The smallest absolute Gasteiger partial charge is 0.316 e. The highest BCUT2D eigenvalue weighted by molar-refractivity contribution is 7.95. The Morgan fingerprint density at radius 1 is 0.800 bits per heavy atom. The summed E-state index contributed by atoms with van der Waals surface area (Å²) in [5.74, 6) is -0.101. The van der Waals surface area contributed by atoms with E-state index in [0.717, 1.165) is 0 Å². The van der Waals surface area contributed by atoms with Crippen LogP contribution >= 0.6 is 7.26 Å². The quantitative estimate of drug-likeness (QED) is 0.164. The molecule has 0 amide bonds. The van der Waals surface area contributed by atoms with Crippen LogP contribution in [0.25, 0.3) is 0 Å². The monoisotopic (exact) mass is 485 g/mol. The second-order valence-corrected chi connectivity index (χ2v) is 10.2. The lowest BCUT2D eigenvalue weighted by Gasteiger charge is -2.27. The van der Waals surface area contributed by atoms with Crippen molar-refractivity contribution in [1.82, 2.24) is 0 Å². The molecule has 0 N–H and O–H groups in total. The summed E-state index contributed by atoms with van der Waals surface area (Å²) >= 11 is 0. The van der Waals surface area contributed by atoms with Gasteiger partial charge in [0.05, 0.1) is 12.6 Å². The van der Waals surface area contributed by atoms with E-state index in [1.54, 1.807) is 6.92 Å². The maximum atomic E-state index is 12.5. The SMILES string of the molecule is CON=C(C)OC(=O)CC[P+](c1ccccc1)(c1ccccc1)c1ccccc1.[Br-]. The number of rotatable bonds is 7. The average Bonchev–Trinajstić information content (AvgIpc) is 2.76. The van der Waals surface area contributed by atoms with E-state index in [0.29, 0.717) is 6.16 Å². The molecule has 0 bridgehead atoms. The Labute approximate surface area is 189 Å². The van der Waals surface area contributed by atoms with E-state index in [-0.39, 0.29) is 35.3 Å². The average molecular weight is 486 g/mol. The van der Waals surface area contributed by atoms with Gasteiger partial charge < -0.3 is 26.6 Å². The highest BCUT2D eigenvalue weighted by Gasteiger charge is 2.45. The first kappa shape index (κ1) is 23.8. The predicted octanol–water partition coefficient (Wildman–Crippen LogP) is 0.898. The topological polar surface area (TPSA) is 47.9 Å². The normalized spacial score (nSPS) is 11.3. The second-order valence-electron chi connectivity index (χ2n) is 6.56. The number of oxime groups is 1. The number of carbonyl (C=O) groups excluding carboxylic acids is 1. The van der Waals surface area contributed by atoms with Gasteiger partial charge in [-0.2, -0.15) is 0 Å². The standard InChI is InChI=1S/C24H25NO3P.BrH/c1-20(25-27-2)28-24(26)18-19-29(21-12-6-3-7-13-21,22-14-8-4-9-15-22)23-16-10-5-11-17-23;/h3-17H,18-19H2,1-2H3;1H/q+1;/p-1. The first-order chi connectivity index (χ1) is 14.2. The molecule has 0 aliphatic rings. The summed E-state index contributed by atoms with van der Waals surface area (Å²) in [6, 6.07) is 31.4. The Morgan fingerprint density at radius 2 is 1.20 bits per heavy atom. The molecule has 0 aliphatic carbocycles. The predicted molar refractivity (Wildman–Crippen MR) is 121 cm³/mol. The van der Waals surface area contributed by atoms with Gasteiger partial charge in [0.2, 0.25) is 5.90 Å². The van der Waals surface area contributed by atoms with Crippen LogP contribution in [0.2, 0.25) is 0 Å². The molecule has 0 atom stereocenters. The summed E-state index contributed by atoms with van der Waals surface area (Å²) in [6.45, 7) is 1.61. The molecule has 0 heterocycles. The molecule has 0 saturated heterocycles.